The van der Waals surface area contributed by atoms with Gasteiger partial charge in [-0.15, -0.1) is 0 Å². The van der Waals surface area contributed by atoms with Crippen LogP contribution in [0.25, 0.3) is 0 Å². The Morgan fingerprint density at radius 2 is 2.00 bits per heavy atom. The van der Waals surface area contributed by atoms with E-state index in [1.165, 1.54) is 11.1 Å². The summed E-state index contributed by atoms with van der Waals surface area (Å²) in [4.78, 5) is 29.1. The summed E-state index contributed by atoms with van der Waals surface area (Å²) >= 11 is 6.35. The summed E-state index contributed by atoms with van der Waals surface area (Å²) in [5.41, 5.74) is 4.01. The van der Waals surface area contributed by atoms with Gasteiger partial charge in [-0.2, -0.15) is 0 Å². The minimum atomic E-state index is -0.989. The number of carboxylic acid groups (broad SMARTS) is 1. The van der Waals surface area contributed by atoms with Gasteiger partial charge in [-0.05, 0) is 79.5 Å². The van der Waals surface area contributed by atoms with E-state index >= 15 is 0 Å². The Kier molecular flexibility index (Phi) is 7.47. The number of aryl methyl sites for hydroxylation is 1. The predicted octanol–water partition coefficient (Wildman–Crippen LogP) is 5.57. The van der Waals surface area contributed by atoms with Crippen molar-refractivity contribution < 1.29 is 19.4 Å². The molecule has 2 heterocycles. The van der Waals surface area contributed by atoms with Gasteiger partial charge >= 0.3 is 5.97 Å². The molecule has 1 N–H and O–H groups in total. The highest BCUT2D eigenvalue weighted by Gasteiger charge is 2.42. The van der Waals surface area contributed by atoms with E-state index in [0.29, 0.717) is 18.7 Å². The number of allylic oxidation sites excluding steroid dienone is 1. The van der Waals surface area contributed by atoms with Crippen molar-refractivity contribution in [2.75, 3.05) is 38.2 Å². The number of hydrogen-bond donors (Lipinski definition) is 1. The van der Waals surface area contributed by atoms with Crippen LogP contribution in [0.3, 0.4) is 0 Å². The first-order chi connectivity index (χ1) is 17.9. The number of carbonyl (C=O) groups is 2. The van der Waals surface area contributed by atoms with Gasteiger partial charge in [-0.3, -0.25) is 9.59 Å². The summed E-state index contributed by atoms with van der Waals surface area (Å²) in [6.45, 7) is 2.71. The third kappa shape index (κ3) is 5.35. The Hall–Kier alpha value is -2.99. The molecule has 0 aromatic heterocycles. The van der Waals surface area contributed by atoms with Crippen LogP contribution < -0.4 is 9.64 Å². The zero-order chi connectivity index (χ0) is 26.0. The normalized spacial score (nSPS) is 25.4. The molecule has 2 aliphatic heterocycles. The van der Waals surface area contributed by atoms with Gasteiger partial charge in [0.05, 0.1) is 18.2 Å². The van der Waals surface area contributed by atoms with Gasteiger partial charge in [0.1, 0.15) is 5.75 Å². The van der Waals surface area contributed by atoms with Crippen LogP contribution in [-0.4, -0.2) is 55.2 Å². The second-order valence-corrected chi connectivity index (χ2v) is 11.1. The fourth-order valence-corrected chi connectivity index (χ4v) is 6.27. The minimum absolute atomic E-state index is 0.0720. The van der Waals surface area contributed by atoms with Crippen LogP contribution in [0, 0.1) is 0 Å². The van der Waals surface area contributed by atoms with E-state index in [1.807, 2.05) is 30.3 Å². The Bertz CT molecular complexity index is 1210. The van der Waals surface area contributed by atoms with Crippen LogP contribution in [-0.2, 0) is 21.4 Å². The molecule has 2 atom stereocenters. The highest BCUT2D eigenvalue weighted by molar-refractivity contribution is 6.30. The van der Waals surface area contributed by atoms with Gasteiger partial charge in [-0.1, -0.05) is 35.9 Å². The Morgan fingerprint density at radius 1 is 1.14 bits per heavy atom. The lowest BCUT2D eigenvalue weighted by Crippen LogP contribution is -2.46. The van der Waals surface area contributed by atoms with Crippen LogP contribution in [0.5, 0.6) is 5.75 Å². The number of carboxylic acids is 1. The smallest absolute Gasteiger partial charge is 0.311 e. The lowest BCUT2D eigenvalue weighted by Gasteiger charge is -2.41. The third-order valence-electron chi connectivity index (χ3n) is 8.16. The Labute approximate surface area is 223 Å². The molecule has 1 aliphatic carbocycles. The van der Waals surface area contributed by atoms with E-state index in [4.69, 9.17) is 16.3 Å². The molecule has 196 valence electrons. The number of ether oxygens (including phenoxy) is 1. The maximum atomic E-state index is 12.8. The molecule has 1 spiro atoms. The SMILES string of the molecule is CN1C/C=C/CCCCN2C[C@@]3(CCCc4cc(Cl)ccc43)COc3ccc(cc32)[C@H](C(=O)O)CC1=O. The summed E-state index contributed by atoms with van der Waals surface area (Å²) in [7, 11) is 1.73. The van der Waals surface area contributed by atoms with E-state index in [2.05, 4.69) is 23.1 Å². The van der Waals surface area contributed by atoms with E-state index in [0.717, 1.165) is 68.1 Å². The molecule has 7 heteroatoms. The molecule has 5 rings (SSSR count). The second-order valence-electron chi connectivity index (χ2n) is 10.7. The molecule has 2 aromatic rings. The fraction of sp³-hybridized carbons (Fsp3) is 0.467. The highest BCUT2D eigenvalue weighted by atomic mass is 35.5. The largest absolute Gasteiger partial charge is 0.490 e. The van der Waals surface area contributed by atoms with Gasteiger partial charge in [0.25, 0.3) is 0 Å². The highest BCUT2D eigenvalue weighted by Crippen LogP contribution is 2.45. The summed E-state index contributed by atoms with van der Waals surface area (Å²) in [5, 5.41) is 10.8. The van der Waals surface area contributed by atoms with Crippen LogP contribution in [0.15, 0.2) is 48.6 Å². The molecule has 0 saturated carbocycles. The van der Waals surface area contributed by atoms with Gasteiger partial charge < -0.3 is 19.6 Å². The van der Waals surface area contributed by atoms with Gasteiger partial charge in [0, 0.05) is 43.5 Å². The lowest BCUT2D eigenvalue weighted by molar-refractivity contribution is -0.142. The van der Waals surface area contributed by atoms with Crippen molar-refractivity contribution in [1.82, 2.24) is 4.90 Å². The number of amides is 1. The average Bonchev–Trinajstić information content (AvgIpc) is 3.03. The number of hydrogen-bond acceptors (Lipinski definition) is 4. The average molecular weight is 523 g/mol. The standard InChI is InChI=1S/C30H35ClN2O4/c1-32-14-5-3-2-4-6-15-33-19-30(13-7-8-22-16-23(31)10-11-25(22)30)20-37-27-12-9-21(17-26(27)33)24(29(35)36)18-28(32)34/h3,5,9-12,16-17,24H,2,4,6-8,13-15,18-20H2,1H3,(H,35,36)/b5-3+/t24-,30+/m1/s1. The Balaban J connectivity index is 1.55. The first-order valence-corrected chi connectivity index (χ1v) is 13.7. The van der Waals surface area contributed by atoms with E-state index in [1.54, 1.807) is 11.9 Å². The van der Waals surface area contributed by atoms with Crippen molar-refractivity contribution in [3.63, 3.8) is 0 Å². The maximum absolute atomic E-state index is 12.8. The molecular formula is C30H35ClN2O4. The van der Waals surface area contributed by atoms with Gasteiger partial charge in [0.15, 0.2) is 0 Å². The van der Waals surface area contributed by atoms with E-state index in [9.17, 15) is 14.7 Å². The summed E-state index contributed by atoms with van der Waals surface area (Å²) in [6, 6.07) is 11.9. The zero-order valence-electron chi connectivity index (χ0n) is 21.4. The second kappa shape index (κ2) is 10.8. The predicted molar refractivity (Wildman–Crippen MR) is 146 cm³/mol. The third-order valence-corrected chi connectivity index (χ3v) is 8.40. The van der Waals surface area contributed by atoms with E-state index in [-0.39, 0.29) is 17.7 Å². The fourth-order valence-electron chi connectivity index (χ4n) is 6.08. The molecule has 2 bridgehead atoms. The number of carbonyl (C=O) groups excluding carboxylic acids is 1. The topological polar surface area (TPSA) is 70.1 Å². The first kappa shape index (κ1) is 25.7. The molecule has 2 aromatic carbocycles. The molecule has 0 unspecified atom stereocenters. The lowest BCUT2D eigenvalue weighted by atomic mass is 9.70. The molecular weight excluding hydrogens is 488 g/mol. The van der Waals surface area contributed by atoms with Gasteiger partial charge in [-0.25, -0.2) is 0 Å². The molecule has 3 aliphatic rings. The number of likely N-dealkylation sites (N-methyl/N-ethyl adjacent to an activating group) is 1. The van der Waals surface area contributed by atoms with Crippen LogP contribution in [0.2, 0.25) is 5.02 Å². The number of nitrogens with zero attached hydrogens (tertiary/aromatic N) is 2. The number of rotatable bonds is 1. The number of halogens is 1. The molecule has 0 saturated heterocycles. The molecule has 0 radical (unpaired) electrons. The van der Waals surface area contributed by atoms with Crippen molar-refractivity contribution in [3.05, 3.63) is 70.3 Å². The molecule has 1 amide bonds. The summed E-state index contributed by atoms with van der Waals surface area (Å²) in [5.74, 6) is -1.30. The maximum Gasteiger partial charge on any atom is 0.311 e. The monoisotopic (exact) mass is 522 g/mol. The number of fused-ring (bicyclic) bond motifs is 3. The molecule has 37 heavy (non-hydrogen) atoms. The molecule has 6 nitrogen and oxygen atoms in total. The first-order valence-electron chi connectivity index (χ1n) is 13.3. The summed E-state index contributed by atoms with van der Waals surface area (Å²) in [6.07, 6.45) is 10.2. The number of benzene rings is 2. The number of aliphatic carboxylic acids is 1. The molecule has 0 fully saturated rings. The number of anilines is 1. The minimum Gasteiger partial charge on any atom is -0.490 e. The van der Waals surface area contributed by atoms with Crippen molar-refractivity contribution in [2.45, 2.75) is 56.3 Å². The van der Waals surface area contributed by atoms with Crippen molar-refractivity contribution >= 4 is 29.2 Å². The van der Waals surface area contributed by atoms with E-state index < -0.39 is 11.9 Å². The Morgan fingerprint density at radius 3 is 2.84 bits per heavy atom. The van der Waals surface area contributed by atoms with Crippen LogP contribution in [0.1, 0.15) is 61.1 Å². The van der Waals surface area contributed by atoms with Crippen molar-refractivity contribution in [2.24, 2.45) is 0 Å². The van der Waals surface area contributed by atoms with Crippen molar-refractivity contribution in [1.29, 1.82) is 0 Å². The van der Waals surface area contributed by atoms with Crippen molar-refractivity contribution in [3.8, 4) is 5.75 Å². The zero-order valence-corrected chi connectivity index (χ0v) is 22.2. The van der Waals surface area contributed by atoms with Gasteiger partial charge in [0.2, 0.25) is 5.91 Å². The van der Waals surface area contributed by atoms with Crippen LogP contribution >= 0.6 is 11.6 Å². The summed E-state index contributed by atoms with van der Waals surface area (Å²) < 4.78 is 6.50. The van der Waals surface area contributed by atoms with Crippen LogP contribution in [0.4, 0.5) is 5.69 Å². The quantitative estimate of drug-likeness (QED) is 0.496.